The van der Waals surface area contributed by atoms with Crippen LogP contribution in [0.1, 0.15) is 123 Å². The van der Waals surface area contributed by atoms with Crippen LogP contribution in [-0.2, 0) is 35.0 Å². The average molecular weight is 867 g/mol. The molecule has 3 aromatic carbocycles. The zero-order valence-corrected chi connectivity index (χ0v) is 38.4. The summed E-state index contributed by atoms with van der Waals surface area (Å²) in [6.07, 6.45) is -0.546. The number of fused-ring (bicyclic) bond motifs is 3. The number of methoxy groups -OCH3 is 1. The third kappa shape index (κ3) is 11.7. The molecule has 0 bridgehead atoms. The molecule has 1 heterocycles. The summed E-state index contributed by atoms with van der Waals surface area (Å²) < 4.78 is 16.7. The minimum absolute atomic E-state index is 0.0949. The number of ether oxygens (including phenoxy) is 3. The van der Waals surface area contributed by atoms with Crippen molar-refractivity contribution >= 4 is 41.2 Å². The number of aromatic nitrogens is 1. The number of nitrogens with one attached hydrogen (secondary N) is 2. The first-order chi connectivity index (χ1) is 29.5. The molecule has 0 aliphatic heterocycles. The molecule has 1 aliphatic carbocycles. The van der Waals surface area contributed by atoms with Crippen LogP contribution in [0, 0.1) is 17.8 Å². The summed E-state index contributed by atoms with van der Waals surface area (Å²) in [7, 11) is 3.04. The highest BCUT2D eigenvalue weighted by Crippen LogP contribution is 2.44. The number of hydrogen-bond acceptors (Lipinski definition) is 10. The molecule has 2 N–H and O–H groups in total. The molecule has 13 heteroatoms. The topological polar surface area (TPSA) is 153 Å². The Bertz CT molecular complexity index is 2140. The van der Waals surface area contributed by atoms with Crippen LogP contribution < -0.4 is 10.6 Å². The molecule has 1 aliphatic rings. The van der Waals surface area contributed by atoms with E-state index in [1.807, 2.05) is 96.1 Å². The van der Waals surface area contributed by atoms with Crippen LogP contribution in [0.15, 0.2) is 78.9 Å². The molecule has 5 atom stereocenters. The van der Waals surface area contributed by atoms with Gasteiger partial charge in [-0.3, -0.25) is 19.2 Å². The van der Waals surface area contributed by atoms with E-state index in [0.717, 1.165) is 27.8 Å². The summed E-state index contributed by atoms with van der Waals surface area (Å²) in [4.78, 5) is 74.2. The van der Waals surface area contributed by atoms with Crippen molar-refractivity contribution in [2.24, 2.45) is 17.8 Å². The first-order valence-corrected chi connectivity index (χ1v) is 22.3. The standard InChI is InChI=1S/C49H62N4O8S/c1-28(2)40(53(9)47(56)42(29(3)4)52-49(58)60-27-39-37-22-16-14-20-35(37)36-21-15-17-23-38(36)39)26-41(61-32(8)54)46-51-43(44(62-46)30(5)6)45(55)50-34(24-31(7)48(57)59-10)25-33-18-12-11-13-19-33/h11-23,28-31,34,39-42H,24-27H2,1-10H3,(H,50,55)(H,52,58)/t31-,34-,40-,41+,42-/m0/s1. The largest absolute Gasteiger partial charge is 0.469 e. The van der Waals surface area contributed by atoms with Crippen molar-refractivity contribution in [1.29, 1.82) is 0 Å². The predicted octanol–water partition coefficient (Wildman–Crippen LogP) is 8.85. The van der Waals surface area contributed by atoms with Gasteiger partial charge in [0, 0.05) is 43.3 Å². The predicted molar refractivity (Wildman–Crippen MR) is 241 cm³/mol. The fraction of sp³-hybridized carbons (Fsp3) is 0.469. The lowest BCUT2D eigenvalue weighted by molar-refractivity contribution is -0.149. The van der Waals surface area contributed by atoms with Gasteiger partial charge in [0.15, 0.2) is 6.10 Å². The van der Waals surface area contributed by atoms with Crippen LogP contribution in [0.2, 0.25) is 0 Å². The lowest BCUT2D eigenvalue weighted by atomic mass is 9.94. The second kappa shape index (κ2) is 21.5. The SMILES string of the molecule is COC(=O)[C@@H](C)C[C@@H](Cc1ccccc1)NC(=O)c1nc([C@@H](C[C@@H](C(C)C)N(C)C(=O)[C@@H](NC(=O)OCC2c3ccccc3-c3ccccc32)C(C)C)OC(C)=O)sc1C(C)C. The van der Waals surface area contributed by atoms with Crippen molar-refractivity contribution in [3.63, 3.8) is 0 Å². The molecule has 4 aromatic rings. The van der Waals surface area contributed by atoms with Gasteiger partial charge in [-0.05, 0) is 58.4 Å². The number of esters is 2. The third-order valence-electron chi connectivity index (χ3n) is 11.5. The smallest absolute Gasteiger partial charge is 0.407 e. The van der Waals surface area contributed by atoms with E-state index in [-0.39, 0.29) is 54.3 Å². The molecule has 5 rings (SSSR count). The summed E-state index contributed by atoms with van der Waals surface area (Å²) >= 11 is 1.30. The maximum atomic E-state index is 14.4. The Morgan fingerprint density at radius 2 is 1.39 bits per heavy atom. The van der Waals surface area contributed by atoms with Crippen LogP contribution in [0.25, 0.3) is 11.1 Å². The summed E-state index contributed by atoms with van der Waals surface area (Å²) in [6.45, 7) is 14.8. The van der Waals surface area contributed by atoms with Gasteiger partial charge in [0.25, 0.3) is 5.91 Å². The van der Waals surface area contributed by atoms with Gasteiger partial charge in [0.1, 0.15) is 23.4 Å². The zero-order valence-electron chi connectivity index (χ0n) is 37.6. The number of benzene rings is 3. The molecule has 0 saturated carbocycles. The van der Waals surface area contributed by atoms with Crippen LogP contribution in [0.5, 0.6) is 0 Å². The molecule has 332 valence electrons. The number of nitrogens with zero attached hydrogens (tertiary/aromatic N) is 2. The molecule has 62 heavy (non-hydrogen) atoms. The van der Waals surface area contributed by atoms with Gasteiger partial charge in [0.2, 0.25) is 5.91 Å². The molecule has 0 unspecified atom stereocenters. The van der Waals surface area contributed by atoms with Crippen LogP contribution in [0.3, 0.4) is 0 Å². The lowest BCUT2D eigenvalue weighted by Gasteiger charge is -2.36. The Kier molecular flexibility index (Phi) is 16.5. The Balaban J connectivity index is 1.33. The number of hydrogen-bond donors (Lipinski definition) is 2. The Hall–Kier alpha value is -5.56. The van der Waals surface area contributed by atoms with Gasteiger partial charge < -0.3 is 29.7 Å². The van der Waals surface area contributed by atoms with Gasteiger partial charge in [-0.2, -0.15) is 0 Å². The first kappa shape index (κ1) is 47.5. The average Bonchev–Trinajstić information content (AvgIpc) is 3.83. The number of thiazole rings is 1. The molecule has 0 radical (unpaired) electrons. The molecule has 0 spiro atoms. The van der Waals surface area contributed by atoms with Crippen molar-refractivity contribution in [2.45, 2.75) is 111 Å². The van der Waals surface area contributed by atoms with Crippen molar-refractivity contribution in [3.05, 3.63) is 111 Å². The van der Waals surface area contributed by atoms with Crippen LogP contribution >= 0.6 is 11.3 Å². The van der Waals surface area contributed by atoms with Crippen molar-refractivity contribution in [1.82, 2.24) is 20.5 Å². The first-order valence-electron chi connectivity index (χ1n) is 21.5. The molecule has 0 fully saturated rings. The Labute approximate surface area is 370 Å². The lowest BCUT2D eigenvalue weighted by Crippen LogP contribution is -2.54. The molecule has 1 aromatic heterocycles. The maximum absolute atomic E-state index is 14.4. The van der Waals surface area contributed by atoms with Gasteiger partial charge in [-0.15, -0.1) is 11.3 Å². The molecular weight excluding hydrogens is 805 g/mol. The number of carbonyl (C=O) groups is 5. The number of amides is 3. The second-order valence-electron chi connectivity index (χ2n) is 17.2. The second-order valence-corrected chi connectivity index (χ2v) is 18.3. The number of carbonyl (C=O) groups excluding carboxylic acids is 5. The van der Waals surface area contributed by atoms with E-state index in [4.69, 9.17) is 19.2 Å². The minimum Gasteiger partial charge on any atom is -0.469 e. The van der Waals surface area contributed by atoms with Crippen LogP contribution in [-0.4, -0.2) is 78.6 Å². The van der Waals surface area contributed by atoms with E-state index in [1.165, 1.54) is 25.4 Å². The van der Waals surface area contributed by atoms with E-state index in [2.05, 4.69) is 34.9 Å². The summed E-state index contributed by atoms with van der Waals surface area (Å²) in [5.74, 6) is -2.69. The molecular formula is C49H62N4O8S. The van der Waals surface area contributed by atoms with Crippen LogP contribution in [0.4, 0.5) is 4.79 Å². The quantitative estimate of drug-likeness (QED) is 0.0696. The Morgan fingerprint density at radius 1 is 0.790 bits per heavy atom. The number of alkyl carbamates (subject to hydrolysis) is 1. The summed E-state index contributed by atoms with van der Waals surface area (Å²) in [5, 5.41) is 6.42. The third-order valence-corrected chi connectivity index (χ3v) is 13.0. The molecule has 0 saturated heterocycles. The van der Waals surface area contributed by atoms with E-state index < -0.39 is 48.1 Å². The van der Waals surface area contributed by atoms with Crippen molar-refractivity contribution in [2.75, 3.05) is 20.8 Å². The fourth-order valence-corrected chi connectivity index (χ4v) is 9.38. The number of likely N-dealkylation sites (N-methyl/N-ethyl adjacent to an activating group) is 1. The van der Waals surface area contributed by atoms with E-state index in [9.17, 15) is 24.0 Å². The van der Waals surface area contributed by atoms with Crippen molar-refractivity contribution in [3.8, 4) is 11.1 Å². The normalized spacial score (nSPS) is 14.6. The highest BCUT2D eigenvalue weighted by Gasteiger charge is 2.37. The summed E-state index contributed by atoms with van der Waals surface area (Å²) in [6, 6.07) is 24.1. The highest BCUT2D eigenvalue weighted by atomic mass is 32.1. The van der Waals surface area contributed by atoms with E-state index in [1.54, 1.807) is 18.9 Å². The number of rotatable bonds is 19. The van der Waals surface area contributed by atoms with E-state index in [0.29, 0.717) is 22.7 Å². The minimum atomic E-state index is -0.905. The van der Waals surface area contributed by atoms with E-state index >= 15 is 0 Å². The molecule has 12 nitrogen and oxygen atoms in total. The maximum Gasteiger partial charge on any atom is 0.407 e. The van der Waals surface area contributed by atoms with Gasteiger partial charge in [0.05, 0.1) is 13.0 Å². The van der Waals surface area contributed by atoms with Gasteiger partial charge in [-0.25, -0.2) is 9.78 Å². The molecule has 3 amide bonds. The van der Waals surface area contributed by atoms with Gasteiger partial charge >= 0.3 is 18.0 Å². The fourth-order valence-electron chi connectivity index (χ4n) is 8.27. The zero-order chi connectivity index (χ0) is 45.2. The van der Waals surface area contributed by atoms with Crippen molar-refractivity contribution < 1.29 is 38.2 Å². The van der Waals surface area contributed by atoms with Gasteiger partial charge in [-0.1, -0.05) is 127 Å². The Morgan fingerprint density at radius 3 is 1.94 bits per heavy atom. The summed E-state index contributed by atoms with van der Waals surface area (Å²) in [5.41, 5.74) is 5.63. The monoisotopic (exact) mass is 866 g/mol. The highest BCUT2D eigenvalue weighted by molar-refractivity contribution is 7.12.